The Hall–Kier alpha value is -2.98. The summed E-state index contributed by atoms with van der Waals surface area (Å²) in [6.45, 7) is 4.52. The Morgan fingerprint density at radius 2 is 1.75 bits per heavy atom. The number of nitrogens with one attached hydrogen (secondary N) is 1. The van der Waals surface area contributed by atoms with Crippen molar-refractivity contribution in [1.29, 1.82) is 0 Å². The van der Waals surface area contributed by atoms with Gasteiger partial charge in [-0.15, -0.1) is 0 Å². The summed E-state index contributed by atoms with van der Waals surface area (Å²) < 4.78 is 42.3. The number of carbonyl (C=O) groups is 1. The van der Waals surface area contributed by atoms with Gasteiger partial charge in [-0.05, 0) is 43.3 Å². The average Bonchev–Trinajstić information content (AvgIpc) is 2.79. The third kappa shape index (κ3) is 5.43. The fraction of sp³-hybridized carbons (Fsp3) is 0.409. The van der Waals surface area contributed by atoms with Gasteiger partial charge in [0, 0.05) is 30.5 Å². The van der Waals surface area contributed by atoms with Crippen molar-refractivity contribution in [1.82, 2.24) is 0 Å². The number of anilines is 3. The molecule has 0 spiro atoms. The minimum Gasteiger partial charge on any atom is -0.497 e. The minimum atomic E-state index is -3.81. The third-order valence-corrected chi connectivity index (χ3v) is 6.45. The summed E-state index contributed by atoms with van der Waals surface area (Å²) in [5.74, 6) is 0.283. The number of methoxy groups -OCH3 is 2. The van der Waals surface area contributed by atoms with Gasteiger partial charge in [-0.1, -0.05) is 0 Å². The summed E-state index contributed by atoms with van der Waals surface area (Å²) >= 11 is 0. The summed E-state index contributed by atoms with van der Waals surface area (Å²) in [5, 5.41) is 2.80. The lowest BCUT2D eigenvalue weighted by molar-refractivity contribution is -0.116. The van der Waals surface area contributed by atoms with Crippen LogP contribution in [0.1, 0.15) is 6.92 Å². The van der Waals surface area contributed by atoms with Crippen LogP contribution in [0, 0.1) is 0 Å². The average molecular weight is 464 g/mol. The van der Waals surface area contributed by atoms with E-state index in [0.29, 0.717) is 30.4 Å². The maximum absolute atomic E-state index is 13.0. The number of hydrogen-bond donors (Lipinski definition) is 1. The molecule has 0 aliphatic carbocycles. The van der Waals surface area contributed by atoms with Crippen LogP contribution in [-0.4, -0.2) is 67.1 Å². The normalized spacial score (nSPS) is 15.1. The lowest BCUT2D eigenvalue weighted by Gasteiger charge is -2.30. The van der Waals surface area contributed by atoms with Gasteiger partial charge in [-0.3, -0.25) is 9.10 Å². The smallest absolute Gasteiger partial charge is 0.247 e. The van der Waals surface area contributed by atoms with E-state index >= 15 is 0 Å². The number of hydrogen-bond acceptors (Lipinski definition) is 7. The highest BCUT2D eigenvalue weighted by atomic mass is 32.2. The molecular formula is C22H29N3O6S. The van der Waals surface area contributed by atoms with Crippen molar-refractivity contribution >= 4 is 33.0 Å². The van der Waals surface area contributed by atoms with Crippen LogP contribution in [0.15, 0.2) is 42.5 Å². The molecular weight excluding hydrogens is 434 g/mol. The Labute approximate surface area is 188 Å². The van der Waals surface area contributed by atoms with Crippen molar-refractivity contribution in [2.75, 3.05) is 61.3 Å². The fourth-order valence-electron chi connectivity index (χ4n) is 3.57. The summed E-state index contributed by atoms with van der Waals surface area (Å²) in [7, 11) is -0.899. The van der Waals surface area contributed by atoms with Crippen LogP contribution in [0.25, 0.3) is 0 Å². The van der Waals surface area contributed by atoms with Crippen LogP contribution in [0.3, 0.4) is 0 Å². The van der Waals surface area contributed by atoms with Gasteiger partial charge < -0.3 is 24.4 Å². The van der Waals surface area contributed by atoms with Crippen molar-refractivity contribution in [3.63, 3.8) is 0 Å². The van der Waals surface area contributed by atoms with Gasteiger partial charge in [0.1, 0.15) is 17.5 Å². The number of sulfonamides is 1. The zero-order chi connectivity index (χ0) is 23.3. The third-order valence-electron chi connectivity index (χ3n) is 5.22. The first-order chi connectivity index (χ1) is 15.2. The van der Waals surface area contributed by atoms with Gasteiger partial charge in [0.2, 0.25) is 15.9 Å². The molecule has 2 aromatic carbocycles. The van der Waals surface area contributed by atoms with Crippen molar-refractivity contribution in [2.45, 2.75) is 13.0 Å². The highest BCUT2D eigenvalue weighted by Crippen LogP contribution is 2.35. The fourth-order valence-corrected chi connectivity index (χ4v) is 4.74. The molecule has 1 saturated heterocycles. The van der Waals surface area contributed by atoms with E-state index in [2.05, 4.69) is 10.2 Å². The van der Waals surface area contributed by atoms with E-state index in [9.17, 15) is 13.2 Å². The Morgan fingerprint density at radius 1 is 1.09 bits per heavy atom. The molecule has 32 heavy (non-hydrogen) atoms. The maximum Gasteiger partial charge on any atom is 0.247 e. The lowest BCUT2D eigenvalue weighted by Crippen LogP contribution is -2.45. The second-order valence-corrected chi connectivity index (χ2v) is 9.27. The Balaban J connectivity index is 1.82. The van der Waals surface area contributed by atoms with Crippen LogP contribution >= 0.6 is 0 Å². The molecule has 1 N–H and O–H groups in total. The number of ether oxygens (including phenoxy) is 3. The monoisotopic (exact) mass is 463 g/mol. The zero-order valence-corrected chi connectivity index (χ0v) is 19.5. The van der Waals surface area contributed by atoms with Crippen LogP contribution in [0.5, 0.6) is 11.5 Å². The highest BCUT2D eigenvalue weighted by Gasteiger charge is 2.31. The first-order valence-electron chi connectivity index (χ1n) is 10.2. The molecule has 1 atom stereocenters. The van der Waals surface area contributed by atoms with E-state index in [-0.39, 0.29) is 5.69 Å². The molecule has 1 amide bonds. The van der Waals surface area contributed by atoms with Crippen LogP contribution in [0.4, 0.5) is 17.1 Å². The first kappa shape index (κ1) is 23.7. The molecule has 9 nitrogen and oxygen atoms in total. The van der Waals surface area contributed by atoms with Gasteiger partial charge in [-0.25, -0.2) is 8.42 Å². The van der Waals surface area contributed by atoms with Crippen molar-refractivity contribution < 1.29 is 27.4 Å². The van der Waals surface area contributed by atoms with Crippen molar-refractivity contribution in [3.05, 3.63) is 42.5 Å². The Kier molecular flexibility index (Phi) is 7.47. The second-order valence-electron chi connectivity index (χ2n) is 7.41. The molecule has 0 bridgehead atoms. The molecule has 174 valence electrons. The van der Waals surface area contributed by atoms with E-state index in [0.717, 1.165) is 29.3 Å². The van der Waals surface area contributed by atoms with E-state index < -0.39 is 22.0 Å². The quantitative estimate of drug-likeness (QED) is 0.642. The molecule has 0 aromatic heterocycles. The predicted molar refractivity (Wildman–Crippen MR) is 124 cm³/mol. The summed E-state index contributed by atoms with van der Waals surface area (Å²) in [4.78, 5) is 15.2. The number of rotatable bonds is 8. The minimum absolute atomic E-state index is 0.222. The van der Waals surface area contributed by atoms with Gasteiger partial charge in [0.25, 0.3) is 0 Å². The van der Waals surface area contributed by atoms with Gasteiger partial charge in [0.05, 0.1) is 39.4 Å². The number of nitrogens with zero attached hydrogens (tertiary/aromatic N) is 2. The molecule has 2 aromatic rings. The second kappa shape index (κ2) is 10.1. The van der Waals surface area contributed by atoms with Crippen molar-refractivity contribution in [2.24, 2.45) is 0 Å². The summed E-state index contributed by atoms with van der Waals surface area (Å²) in [6, 6.07) is 11.2. The SMILES string of the molecule is COc1ccc(OC)c(N([C@@H](C)C(=O)Nc2ccc(N3CCOCC3)cc2)S(C)(=O)=O)c1. The number of carbonyl (C=O) groups excluding carboxylic acids is 1. The van der Waals surface area contributed by atoms with E-state index in [1.165, 1.54) is 27.2 Å². The van der Waals surface area contributed by atoms with E-state index in [1.807, 2.05) is 12.1 Å². The standard InChI is InChI=1S/C22H29N3O6S/c1-16(25(32(4,27)28)20-15-19(29-2)9-10-21(20)30-3)22(26)23-17-5-7-18(8-6-17)24-11-13-31-14-12-24/h5-10,15-16H,11-14H2,1-4H3,(H,23,26)/t16-/m0/s1. The lowest BCUT2D eigenvalue weighted by atomic mass is 10.2. The van der Waals surface area contributed by atoms with Gasteiger partial charge in [0.15, 0.2) is 0 Å². The first-order valence-corrected chi connectivity index (χ1v) is 12.0. The topological polar surface area (TPSA) is 97.4 Å². The highest BCUT2D eigenvalue weighted by molar-refractivity contribution is 7.92. The van der Waals surface area contributed by atoms with Gasteiger partial charge >= 0.3 is 0 Å². The molecule has 1 fully saturated rings. The van der Waals surface area contributed by atoms with Gasteiger partial charge in [-0.2, -0.15) is 0 Å². The maximum atomic E-state index is 13.0. The summed E-state index contributed by atoms with van der Waals surface area (Å²) in [6.07, 6.45) is 1.05. The molecule has 1 heterocycles. The predicted octanol–water partition coefficient (Wildman–Crippen LogP) is 2.33. The van der Waals surface area contributed by atoms with Crippen LogP contribution < -0.4 is 24.0 Å². The van der Waals surface area contributed by atoms with Crippen LogP contribution in [-0.2, 0) is 19.6 Å². The number of amides is 1. The summed E-state index contributed by atoms with van der Waals surface area (Å²) in [5.41, 5.74) is 1.84. The molecule has 0 radical (unpaired) electrons. The van der Waals surface area contributed by atoms with Crippen molar-refractivity contribution in [3.8, 4) is 11.5 Å². The molecule has 10 heteroatoms. The molecule has 1 aliphatic rings. The molecule has 0 unspecified atom stereocenters. The molecule has 0 saturated carbocycles. The van der Waals surface area contributed by atoms with Crippen LogP contribution in [0.2, 0.25) is 0 Å². The number of morpholine rings is 1. The zero-order valence-electron chi connectivity index (χ0n) is 18.7. The molecule has 1 aliphatic heterocycles. The van der Waals surface area contributed by atoms with E-state index in [1.54, 1.807) is 24.3 Å². The Bertz CT molecular complexity index is 1040. The number of benzene rings is 2. The molecule has 3 rings (SSSR count). The van der Waals surface area contributed by atoms with E-state index in [4.69, 9.17) is 14.2 Å². The largest absolute Gasteiger partial charge is 0.497 e. The Morgan fingerprint density at radius 3 is 2.31 bits per heavy atom.